The fraction of sp³-hybridized carbons (Fsp3) is 0.588. The minimum Gasteiger partial charge on any atom is -0.467 e. The fourth-order valence-corrected chi connectivity index (χ4v) is 5.42. The van der Waals surface area contributed by atoms with Crippen LogP contribution in [0.5, 0.6) is 5.75 Å². The first-order valence-electron chi connectivity index (χ1n) is 8.41. The number of rotatable bonds is 5. The Morgan fingerprint density at radius 1 is 1.40 bits per heavy atom. The van der Waals surface area contributed by atoms with Crippen LogP contribution in [0.1, 0.15) is 30.9 Å². The molecule has 0 radical (unpaired) electrons. The highest BCUT2D eigenvalue weighted by molar-refractivity contribution is 7.91. The number of fused-ring (bicyclic) bond motifs is 1. The van der Waals surface area contributed by atoms with Crippen LogP contribution in [0.25, 0.3) is 0 Å². The lowest BCUT2D eigenvalue weighted by atomic mass is 10.0. The summed E-state index contributed by atoms with van der Waals surface area (Å²) in [5, 5.41) is 0.529. The number of hydrogen-bond donors (Lipinski definition) is 0. The average molecular weight is 388 g/mol. The van der Waals surface area contributed by atoms with Gasteiger partial charge in [-0.3, -0.25) is 4.79 Å². The van der Waals surface area contributed by atoms with E-state index in [4.69, 9.17) is 21.1 Å². The van der Waals surface area contributed by atoms with Gasteiger partial charge in [0.15, 0.2) is 16.6 Å². The first kappa shape index (κ1) is 18.5. The number of nitrogens with zero attached hydrogens (tertiary/aromatic N) is 1. The molecule has 25 heavy (non-hydrogen) atoms. The highest BCUT2D eigenvalue weighted by Gasteiger charge is 2.34. The van der Waals surface area contributed by atoms with Crippen molar-refractivity contribution in [1.29, 1.82) is 0 Å². The van der Waals surface area contributed by atoms with Crippen LogP contribution < -0.4 is 4.74 Å². The van der Waals surface area contributed by atoms with Crippen LogP contribution in [0, 0.1) is 0 Å². The van der Waals surface area contributed by atoms with Crippen molar-refractivity contribution >= 4 is 27.3 Å². The molecule has 2 aliphatic heterocycles. The Kier molecular flexibility index (Phi) is 5.55. The number of ether oxygens (including phenoxy) is 2. The van der Waals surface area contributed by atoms with Gasteiger partial charge in [-0.05, 0) is 25.0 Å². The van der Waals surface area contributed by atoms with Crippen molar-refractivity contribution in [1.82, 2.24) is 4.90 Å². The molecule has 0 bridgehead atoms. The van der Waals surface area contributed by atoms with Crippen LogP contribution in [0.15, 0.2) is 12.1 Å². The molecule has 8 heteroatoms. The third-order valence-corrected chi connectivity index (χ3v) is 6.50. The van der Waals surface area contributed by atoms with E-state index in [0.29, 0.717) is 30.3 Å². The third-order valence-electron chi connectivity index (χ3n) is 4.53. The van der Waals surface area contributed by atoms with Crippen molar-refractivity contribution < 1.29 is 22.7 Å². The van der Waals surface area contributed by atoms with Gasteiger partial charge in [-0.25, -0.2) is 8.42 Å². The second kappa shape index (κ2) is 7.51. The average Bonchev–Trinajstić information content (AvgIpc) is 2.92. The van der Waals surface area contributed by atoms with Crippen LogP contribution >= 0.6 is 11.6 Å². The van der Waals surface area contributed by atoms with Gasteiger partial charge in [0.25, 0.3) is 0 Å². The molecule has 0 saturated carbocycles. The first-order chi connectivity index (χ1) is 11.9. The standard InChI is InChI=1S/C17H22ClNO5S/c1-2-4-19(15-3-5-25(21,22)10-15)16(20)8-12-6-14(18)7-13-9-23-11-24-17(12)13/h6-7,15H,2-5,8-11H2,1H3/t15-/m0/s1. The van der Waals surface area contributed by atoms with Gasteiger partial charge in [0.05, 0.1) is 24.5 Å². The highest BCUT2D eigenvalue weighted by Crippen LogP contribution is 2.32. The first-order valence-corrected chi connectivity index (χ1v) is 10.6. The van der Waals surface area contributed by atoms with E-state index in [1.165, 1.54) is 0 Å². The summed E-state index contributed by atoms with van der Waals surface area (Å²) in [5.41, 5.74) is 1.55. The number of sulfone groups is 1. The number of carbonyl (C=O) groups is 1. The SMILES string of the molecule is CCCN(C(=O)Cc1cc(Cl)cc2c1OCOC2)[C@H]1CCS(=O)(=O)C1. The molecule has 0 N–H and O–H groups in total. The van der Waals surface area contributed by atoms with Gasteiger partial charge < -0.3 is 14.4 Å². The summed E-state index contributed by atoms with van der Waals surface area (Å²) in [5.74, 6) is 0.762. The zero-order valence-electron chi connectivity index (χ0n) is 14.2. The lowest BCUT2D eigenvalue weighted by molar-refractivity contribution is -0.132. The number of hydrogen-bond acceptors (Lipinski definition) is 5. The minimum absolute atomic E-state index is 0.0523. The zero-order chi connectivity index (χ0) is 18.0. The third kappa shape index (κ3) is 4.27. The molecule has 0 spiro atoms. The van der Waals surface area contributed by atoms with Crippen molar-refractivity contribution in [3.63, 3.8) is 0 Å². The maximum Gasteiger partial charge on any atom is 0.227 e. The normalized spacial score (nSPS) is 21.4. The van der Waals surface area contributed by atoms with Gasteiger partial charge in [-0.2, -0.15) is 0 Å². The molecule has 2 aliphatic rings. The van der Waals surface area contributed by atoms with Gasteiger partial charge in [0.2, 0.25) is 5.91 Å². The summed E-state index contributed by atoms with van der Waals surface area (Å²) in [6.07, 6.45) is 1.42. The molecule has 0 unspecified atom stereocenters. The quantitative estimate of drug-likeness (QED) is 0.774. The summed E-state index contributed by atoms with van der Waals surface area (Å²) in [6.45, 7) is 3.07. The van der Waals surface area contributed by atoms with Gasteiger partial charge >= 0.3 is 0 Å². The van der Waals surface area contributed by atoms with Crippen LogP contribution in [0.3, 0.4) is 0 Å². The second-order valence-corrected chi connectivity index (χ2v) is 9.15. The van der Waals surface area contributed by atoms with E-state index < -0.39 is 9.84 Å². The fourth-order valence-electron chi connectivity index (χ4n) is 3.43. The maximum atomic E-state index is 12.9. The number of halogens is 1. The van der Waals surface area contributed by atoms with Gasteiger partial charge in [-0.1, -0.05) is 18.5 Å². The van der Waals surface area contributed by atoms with Gasteiger partial charge in [-0.15, -0.1) is 0 Å². The number of benzene rings is 1. The van der Waals surface area contributed by atoms with E-state index in [1.54, 1.807) is 17.0 Å². The van der Waals surface area contributed by atoms with E-state index in [1.807, 2.05) is 6.92 Å². The van der Waals surface area contributed by atoms with Crippen LogP contribution in [-0.2, 0) is 32.4 Å². The Morgan fingerprint density at radius 2 is 2.20 bits per heavy atom. The lowest BCUT2D eigenvalue weighted by Gasteiger charge is -2.29. The van der Waals surface area contributed by atoms with Crippen molar-refractivity contribution in [2.75, 3.05) is 24.8 Å². The Hall–Kier alpha value is -1.31. The molecule has 2 heterocycles. The van der Waals surface area contributed by atoms with Crippen LogP contribution in [0.2, 0.25) is 5.02 Å². The van der Waals surface area contributed by atoms with Crippen molar-refractivity contribution in [2.45, 2.75) is 38.8 Å². The minimum atomic E-state index is -3.04. The molecular weight excluding hydrogens is 366 g/mol. The molecule has 1 atom stereocenters. The Balaban J connectivity index is 1.81. The molecule has 3 rings (SSSR count). The Morgan fingerprint density at radius 3 is 2.88 bits per heavy atom. The van der Waals surface area contributed by atoms with Crippen molar-refractivity contribution in [3.05, 3.63) is 28.3 Å². The largest absolute Gasteiger partial charge is 0.467 e. The molecule has 0 aliphatic carbocycles. The molecule has 6 nitrogen and oxygen atoms in total. The lowest BCUT2D eigenvalue weighted by Crippen LogP contribution is -2.42. The van der Waals surface area contributed by atoms with Crippen molar-refractivity contribution in [2.24, 2.45) is 0 Å². The van der Waals surface area contributed by atoms with E-state index in [2.05, 4.69) is 0 Å². The predicted molar refractivity (Wildman–Crippen MR) is 94.5 cm³/mol. The van der Waals surface area contributed by atoms with Gasteiger partial charge in [0.1, 0.15) is 5.75 Å². The zero-order valence-corrected chi connectivity index (χ0v) is 15.7. The smallest absolute Gasteiger partial charge is 0.227 e. The molecule has 1 saturated heterocycles. The molecule has 1 amide bonds. The number of amides is 1. The monoisotopic (exact) mass is 387 g/mol. The van der Waals surface area contributed by atoms with E-state index in [0.717, 1.165) is 17.5 Å². The summed E-state index contributed by atoms with van der Waals surface area (Å²) >= 11 is 6.16. The summed E-state index contributed by atoms with van der Waals surface area (Å²) in [6, 6.07) is 3.27. The van der Waals surface area contributed by atoms with Crippen LogP contribution in [0.4, 0.5) is 0 Å². The number of carbonyl (C=O) groups excluding carboxylic acids is 1. The summed E-state index contributed by atoms with van der Waals surface area (Å²) < 4.78 is 34.4. The summed E-state index contributed by atoms with van der Waals surface area (Å²) in [7, 11) is -3.04. The predicted octanol–water partition coefficient (Wildman–Crippen LogP) is 2.17. The molecule has 138 valence electrons. The Bertz CT molecular complexity index is 765. The van der Waals surface area contributed by atoms with Gasteiger partial charge in [0, 0.05) is 28.7 Å². The molecule has 1 aromatic carbocycles. The van der Waals surface area contributed by atoms with E-state index in [9.17, 15) is 13.2 Å². The molecule has 0 aromatic heterocycles. The second-order valence-electron chi connectivity index (χ2n) is 6.48. The van der Waals surface area contributed by atoms with Crippen LogP contribution in [-0.4, -0.2) is 50.1 Å². The maximum absolute atomic E-state index is 12.9. The molecule has 1 fully saturated rings. The van der Waals surface area contributed by atoms with E-state index in [-0.39, 0.29) is 36.7 Å². The Labute approximate surface area is 153 Å². The van der Waals surface area contributed by atoms with Crippen molar-refractivity contribution in [3.8, 4) is 5.75 Å². The topological polar surface area (TPSA) is 72.9 Å². The highest BCUT2D eigenvalue weighted by atomic mass is 35.5. The van der Waals surface area contributed by atoms with E-state index >= 15 is 0 Å². The molecule has 1 aromatic rings. The molecular formula is C17H22ClNO5S. The summed E-state index contributed by atoms with van der Waals surface area (Å²) in [4.78, 5) is 14.6.